The number of nitrogens with one attached hydrogen (secondary N) is 2. The summed E-state index contributed by atoms with van der Waals surface area (Å²) in [4.78, 5) is 43.1. The van der Waals surface area contributed by atoms with Crippen LogP contribution >= 0.6 is 11.3 Å². The number of nitro groups is 1. The van der Waals surface area contributed by atoms with Gasteiger partial charge in [-0.15, -0.1) is 11.3 Å². The maximum atomic E-state index is 12.2. The highest BCUT2D eigenvalue weighted by Gasteiger charge is 2.14. The molecule has 9 nitrogen and oxygen atoms in total. The Labute approximate surface area is 156 Å². The molecule has 0 aliphatic rings. The minimum atomic E-state index is -0.530. The molecule has 0 fully saturated rings. The fourth-order valence-corrected chi connectivity index (χ4v) is 3.56. The molecule has 3 aromatic rings. The van der Waals surface area contributed by atoms with E-state index in [0.29, 0.717) is 10.2 Å². The second kappa shape index (κ2) is 7.46. The minimum absolute atomic E-state index is 0.115. The smallest absolute Gasteiger partial charge is 0.278 e. The molecule has 0 spiro atoms. The second-order valence-corrected chi connectivity index (χ2v) is 6.97. The highest BCUT2D eigenvalue weighted by Crippen LogP contribution is 2.25. The van der Waals surface area contributed by atoms with Crippen LogP contribution in [0.5, 0.6) is 0 Å². The number of para-hydroxylation sites is 1. The first kappa shape index (κ1) is 18.4. The highest BCUT2D eigenvalue weighted by molar-refractivity contribution is 7.18. The summed E-state index contributed by atoms with van der Waals surface area (Å²) in [6.45, 7) is 3.76. The van der Waals surface area contributed by atoms with Gasteiger partial charge in [0.25, 0.3) is 11.2 Å². The number of H-pyrrole nitrogens is 1. The van der Waals surface area contributed by atoms with Crippen molar-refractivity contribution in [3.05, 3.63) is 66.6 Å². The van der Waals surface area contributed by atoms with Gasteiger partial charge in [0, 0.05) is 10.9 Å². The number of nitrogens with zero attached hydrogens (tertiary/aromatic N) is 3. The number of aromatic nitrogens is 2. The van der Waals surface area contributed by atoms with E-state index in [9.17, 15) is 19.7 Å². The lowest BCUT2D eigenvalue weighted by Crippen LogP contribution is -2.23. The Hall–Kier alpha value is -3.40. The molecule has 138 valence electrons. The molecule has 0 bridgehead atoms. The van der Waals surface area contributed by atoms with Crippen molar-refractivity contribution in [2.75, 3.05) is 0 Å². The van der Waals surface area contributed by atoms with E-state index in [1.165, 1.54) is 29.7 Å². The fourth-order valence-electron chi connectivity index (χ4n) is 2.51. The second-order valence-electron chi connectivity index (χ2n) is 5.76. The van der Waals surface area contributed by atoms with E-state index < -0.39 is 10.8 Å². The number of nitro benzene ring substituents is 1. The lowest BCUT2D eigenvalue weighted by Gasteiger charge is -2.01. The molecule has 1 amide bonds. The fraction of sp³-hybridized carbons (Fsp3) is 0.176. The lowest BCUT2D eigenvalue weighted by molar-refractivity contribution is -0.385. The standard InChI is InChI=1S/C17H15N5O4S/c1-9-10(2)27-17-15(9)16(24)19-13(20-17)7-14(23)21-18-8-11-5-3-4-6-12(11)22(25)26/h3-6,8H,7H2,1-2H3,(H,21,23)(H,19,20,24)/b18-8+. The van der Waals surface area contributed by atoms with Crippen molar-refractivity contribution >= 4 is 39.4 Å². The first-order valence-corrected chi connectivity index (χ1v) is 8.72. The van der Waals surface area contributed by atoms with Crippen LogP contribution in [-0.2, 0) is 11.2 Å². The molecule has 0 saturated carbocycles. The summed E-state index contributed by atoms with van der Waals surface area (Å²) in [7, 11) is 0. The highest BCUT2D eigenvalue weighted by atomic mass is 32.1. The summed E-state index contributed by atoms with van der Waals surface area (Å²) in [5, 5.41) is 15.2. The van der Waals surface area contributed by atoms with Gasteiger partial charge in [-0.3, -0.25) is 19.7 Å². The molecule has 0 radical (unpaired) electrons. The maximum Gasteiger partial charge on any atom is 0.278 e. The summed E-state index contributed by atoms with van der Waals surface area (Å²) in [5.41, 5.74) is 3.03. The molecule has 0 aliphatic heterocycles. The van der Waals surface area contributed by atoms with E-state index >= 15 is 0 Å². The average molecular weight is 385 g/mol. The Kier molecular flexibility index (Phi) is 5.08. The molecule has 0 saturated heterocycles. The topological polar surface area (TPSA) is 130 Å². The minimum Gasteiger partial charge on any atom is -0.309 e. The van der Waals surface area contributed by atoms with Crippen LogP contribution in [0.4, 0.5) is 5.69 Å². The number of thiophene rings is 1. The Morgan fingerprint density at radius 2 is 2.15 bits per heavy atom. The van der Waals surface area contributed by atoms with Gasteiger partial charge in [-0.25, -0.2) is 10.4 Å². The Bertz CT molecular complexity index is 1130. The largest absolute Gasteiger partial charge is 0.309 e. The van der Waals surface area contributed by atoms with Crippen molar-refractivity contribution in [3.63, 3.8) is 0 Å². The average Bonchev–Trinajstić information content (AvgIpc) is 2.89. The molecule has 10 heteroatoms. The van der Waals surface area contributed by atoms with Crippen molar-refractivity contribution in [2.45, 2.75) is 20.3 Å². The summed E-state index contributed by atoms with van der Waals surface area (Å²) >= 11 is 1.40. The van der Waals surface area contributed by atoms with Gasteiger partial charge in [-0.05, 0) is 25.5 Å². The molecule has 2 heterocycles. The van der Waals surface area contributed by atoms with Crippen LogP contribution in [0.25, 0.3) is 10.2 Å². The molecule has 27 heavy (non-hydrogen) atoms. The van der Waals surface area contributed by atoms with Gasteiger partial charge in [0.2, 0.25) is 5.91 Å². The van der Waals surface area contributed by atoms with Crippen molar-refractivity contribution in [2.24, 2.45) is 5.10 Å². The Morgan fingerprint density at radius 3 is 2.89 bits per heavy atom. The summed E-state index contributed by atoms with van der Waals surface area (Å²) < 4.78 is 0. The van der Waals surface area contributed by atoms with Crippen LogP contribution in [0.2, 0.25) is 0 Å². The van der Waals surface area contributed by atoms with Crippen LogP contribution in [-0.4, -0.2) is 27.0 Å². The quantitative estimate of drug-likeness (QED) is 0.395. The predicted molar refractivity (Wildman–Crippen MR) is 102 cm³/mol. The number of fused-ring (bicyclic) bond motifs is 1. The van der Waals surface area contributed by atoms with Crippen molar-refractivity contribution in [3.8, 4) is 0 Å². The van der Waals surface area contributed by atoms with Crippen molar-refractivity contribution < 1.29 is 9.72 Å². The third-order valence-electron chi connectivity index (χ3n) is 3.94. The zero-order valence-electron chi connectivity index (χ0n) is 14.5. The first-order chi connectivity index (χ1) is 12.9. The lowest BCUT2D eigenvalue weighted by atomic mass is 10.2. The molecule has 2 aromatic heterocycles. The number of hydrogen-bond donors (Lipinski definition) is 2. The summed E-state index contributed by atoms with van der Waals surface area (Å²) in [5.74, 6) is -0.274. The van der Waals surface area contributed by atoms with Crippen LogP contribution < -0.4 is 11.0 Å². The summed E-state index contributed by atoms with van der Waals surface area (Å²) in [6, 6.07) is 6.03. The number of carbonyl (C=O) groups is 1. The van der Waals surface area contributed by atoms with Gasteiger partial charge in [-0.1, -0.05) is 12.1 Å². The monoisotopic (exact) mass is 385 g/mol. The van der Waals surface area contributed by atoms with E-state index in [1.807, 2.05) is 13.8 Å². The van der Waals surface area contributed by atoms with E-state index in [1.54, 1.807) is 12.1 Å². The molecule has 3 rings (SSSR count). The van der Waals surface area contributed by atoms with E-state index in [0.717, 1.165) is 10.4 Å². The number of hydrazone groups is 1. The van der Waals surface area contributed by atoms with E-state index in [2.05, 4.69) is 20.5 Å². The van der Waals surface area contributed by atoms with Crippen LogP contribution in [0.1, 0.15) is 21.8 Å². The van der Waals surface area contributed by atoms with E-state index in [4.69, 9.17) is 0 Å². The van der Waals surface area contributed by atoms with Gasteiger partial charge >= 0.3 is 0 Å². The Balaban J connectivity index is 1.72. The summed E-state index contributed by atoms with van der Waals surface area (Å²) in [6.07, 6.45) is 1.02. The number of hydrogen-bond acceptors (Lipinski definition) is 7. The van der Waals surface area contributed by atoms with Gasteiger partial charge < -0.3 is 4.98 Å². The molecular formula is C17H15N5O4S. The van der Waals surface area contributed by atoms with Crippen molar-refractivity contribution in [1.82, 2.24) is 15.4 Å². The molecule has 0 unspecified atom stereocenters. The number of carbonyl (C=O) groups excluding carboxylic acids is 1. The molecule has 0 aliphatic carbocycles. The third kappa shape index (κ3) is 3.90. The number of rotatable bonds is 5. The number of aromatic amines is 1. The van der Waals surface area contributed by atoms with Gasteiger partial charge in [-0.2, -0.15) is 5.10 Å². The van der Waals surface area contributed by atoms with Crippen molar-refractivity contribution in [1.29, 1.82) is 0 Å². The normalized spacial score (nSPS) is 11.2. The predicted octanol–water partition coefficient (Wildman–Crippen LogP) is 2.20. The molecular weight excluding hydrogens is 370 g/mol. The number of amides is 1. The number of benzene rings is 1. The SMILES string of the molecule is Cc1sc2nc(CC(=O)N/N=C/c3ccccc3[N+](=O)[O-])[nH]c(=O)c2c1C. The van der Waals surface area contributed by atoms with Crippen LogP contribution in [0.15, 0.2) is 34.2 Å². The molecule has 0 atom stereocenters. The maximum absolute atomic E-state index is 12.2. The van der Waals surface area contributed by atoms with E-state index in [-0.39, 0.29) is 29.1 Å². The van der Waals surface area contributed by atoms with Gasteiger partial charge in [0.15, 0.2) is 0 Å². The molecule has 2 N–H and O–H groups in total. The Morgan fingerprint density at radius 1 is 1.41 bits per heavy atom. The first-order valence-electron chi connectivity index (χ1n) is 7.91. The van der Waals surface area contributed by atoms with Gasteiger partial charge in [0.05, 0.1) is 28.5 Å². The molecule has 1 aromatic carbocycles. The zero-order chi connectivity index (χ0) is 19.6. The van der Waals surface area contributed by atoms with Gasteiger partial charge in [0.1, 0.15) is 10.7 Å². The zero-order valence-corrected chi connectivity index (χ0v) is 15.3. The van der Waals surface area contributed by atoms with Crippen LogP contribution in [0, 0.1) is 24.0 Å². The van der Waals surface area contributed by atoms with Crippen LogP contribution in [0.3, 0.4) is 0 Å². The number of aryl methyl sites for hydroxylation is 2. The third-order valence-corrected chi connectivity index (χ3v) is 5.04.